The van der Waals surface area contributed by atoms with Gasteiger partial charge >= 0.3 is 6.18 Å². The number of para-hydroxylation sites is 1. The van der Waals surface area contributed by atoms with Crippen LogP contribution in [0.5, 0.6) is 0 Å². The van der Waals surface area contributed by atoms with Crippen LogP contribution in [0.15, 0.2) is 60.2 Å². The Labute approximate surface area is 198 Å². The second kappa shape index (κ2) is 9.94. The van der Waals surface area contributed by atoms with Crippen molar-refractivity contribution in [2.45, 2.75) is 25.6 Å². The van der Waals surface area contributed by atoms with Crippen LogP contribution >= 0.6 is 11.3 Å². The third-order valence-corrected chi connectivity index (χ3v) is 6.52. The summed E-state index contributed by atoms with van der Waals surface area (Å²) in [5.41, 5.74) is 1.12. The van der Waals surface area contributed by atoms with E-state index < -0.39 is 17.2 Å². The van der Waals surface area contributed by atoms with Crippen molar-refractivity contribution in [2.24, 2.45) is 5.41 Å². The molecule has 178 valence electrons. The second-order valence-electron chi connectivity index (χ2n) is 8.10. The van der Waals surface area contributed by atoms with Crippen molar-refractivity contribution in [1.82, 2.24) is 10.3 Å². The Hall–Kier alpha value is -3.24. The summed E-state index contributed by atoms with van der Waals surface area (Å²) in [6.45, 7) is 0.794. The van der Waals surface area contributed by atoms with E-state index in [-0.39, 0.29) is 37.0 Å². The predicted molar refractivity (Wildman–Crippen MR) is 122 cm³/mol. The van der Waals surface area contributed by atoms with Gasteiger partial charge < -0.3 is 15.4 Å². The largest absolute Gasteiger partial charge is 0.418 e. The number of Topliss-reactive ketones (excluding diaryl/α,β-unsaturated/α-hetero) is 1. The van der Waals surface area contributed by atoms with Gasteiger partial charge in [0.2, 0.25) is 5.91 Å². The molecule has 4 rings (SSSR count). The van der Waals surface area contributed by atoms with Crippen LogP contribution in [0.2, 0.25) is 0 Å². The van der Waals surface area contributed by atoms with Gasteiger partial charge in [0.05, 0.1) is 33.7 Å². The van der Waals surface area contributed by atoms with Crippen LogP contribution in [0.4, 0.5) is 24.5 Å². The SMILES string of the molecule is O=C(C[C@@]1(C(=O)NCc2ccc(Nc3ccccc3C(F)(F)F)cc2)CCOC1)c1cncs1. The van der Waals surface area contributed by atoms with E-state index in [9.17, 15) is 22.8 Å². The van der Waals surface area contributed by atoms with Gasteiger partial charge in [-0.1, -0.05) is 24.3 Å². The van der Waals surface area contributed by atoms with Gasteiger partial charge in [0.1, 0.15) is 0 Å². The first-order chi connectivity index (χ1) is 16.3. The molecule has 1 amide bonds. The Bertz CT molecular complexity index is 1140. The average molecular weight is 490 g/mol. The molecule has 1 aliphatic rings. The second-order valence-corrected chi connectivity index (χ2v) is 8.98. The zero-order valence-corrected chi connectivity index (χ0v) is 18.8. The molecular formula is C24H22F3N3O3S. The molecule has 2 heterocycles. The predicted octanol–water partition coefficient (Wildman–Crippen LogP) is 5.20. The maximum atomic E-state index is 13.2. The number of halogens is 3. The maximum absolute atomic E-state index is 13.2. The van der Waals surface area contributed by atoms with E-state index in [1.54, 1.807) is 29.8 Å². The molecule has 1 aliphatic heterocycles. The molecule has 0 saturated carbocycles. The molecule has 0 unspecified atom stereocenters. The van der Waals surface area contributed by atoms with E-state index in [4.69, 9.17) is 4.74 Å². The zero-order chi connectivity index (χ0) is 24.2. The number of rotatable bonds is 8. The van der Waals surface area contributed by atoms with E-state index in [1.165, 1.54) is 35.7 Å². The van der Waals surface area contributed by atoms with Gasteiger partial charge in [-0.15, -0.1) is 11.3 Å². The number of carbonyl (C=O) groups excluding carboxylic acids is 2. The maximum Gasteiger partial charge on any atom is 0.418 e. The third-order valence-electron chi connectivity index (χ3n) is 5.71. The molecule has 0 radical (unpaired) electrons. The summed E-state index contributed by atoms with van der Waals surface area (Å²) in [6.07, 6.45) is -2.47. The standard InChI is InChI=1S/C24H22F3N3O3S/c25-24(26,27)18-3-1-2-4-19(18)30-17-7-5-16(6-8-17)12-29-22(32)23(9-10-33-14-23)11-20(31)21-13-28-15-34-21/h1-8,13,15,30H,9-12,14H2,(H,29,32)/t23-/m0/s1. The van der Waals surface area contributed by atoms with Crippen molar-refractivity contribution in [3.8, 4) is 0 Å². The van der Waals surface area contributed by atoms with E-state index >= 15 is 0 Å². The van der Waals surface area contributed by atoms with Gasteiger partial charge in [0, 0.05) is 31.5 Å². The Kier molecular flexibility index (Phi) is 6.99. The van der Waals surface area contributed by atoms with Crippen LogP contribution in [0.1, 0.15) is 33.6 Å². The Morgan fingerprint density at radius 3 is 2.53 bits per heavy atom. The monoisotopic (exact) mass is 489 g/mol. The molecule has 1 atom stereocenters. The first-order valence-corrected chi connectivity index (χ1v) is 11.4. The number of nitrogens with one attached hydrogen (secondary N) is 2. The average Bonchev–Trinajstić information content (AvgIpc) is 3.51. The van der Waals surface area contributed by atoms with Crippen LogP contribution in [-0.4, -0.2) is 29.9 Å². The third kappa shape index (κ3) is 5.45. The van der Waals surface area contributed by atoms with Crippen molar-refractivity contribution in [2.75, 3.05) is 18.5 Å². The van der Waals surface area contributed by atoms with Crippen molar-refractivity contribution >= 4 is 34.4 Å². The van der Waals surface area contributed by atoms with Gasteiger partial charge in [-0.05, 0) is 36.2 Å². The Morgan fingerprint density at radius 2 is 1.88 bits per heavy atom. The molecule has 10 heteroatoms. The molecule has 1 fully saturated rings. The molecule has 1 saturated heterocycles. The fraction of sp³-hybridized carbons (Fsp3) is 0.292. The summed E-state index contributed by atoms with van der Waals surface area (Å²) in [5.74, 6) is -0.401. The van der Waals surface area contributed by atoms with E-state index in [1.807, 2.05) is 0 Å². The van der Waals surface area contributed by atoms with Crippen molar-refractivity contribution < 1.29 is 27.5 Å². The minimum absolute atomic E-state index is 0.0372. The van der Waals surface area contributed by atoms with Gasteiger partial charge in [-0.25, -0.2) is 0 Å². The quantitative estimate of drug-likeness (QED) is 0.425. The molecule has 2 N–H and O–H groups in total. The summed E-state index contributed by atoms with van der Waals surface area (Å²) in [4.78, 5) is 30.0. The van der Waals surface area contributed by atoms with Crippen LogP contribution in [0.25, 0.3) is 0 Å². The van der Waals surface area contributed by atoms with Gasteiger partial charge in [-0.3, -0.25) is 14.6 Å². The summed E-state index contributed by atoms with van der Waals surface area (Å²) in [5, 5.41) is 5.67. The van der Waals surface area contributed by atoms with Crippen LogP contribution in [-0.2, 0) is 22.3 Å². The fourth-order valence-corrected chi connectivity index (χ4v) is 4.39. The normalized spacial score (nSPS) is 18.0. The molecule has 0 bridgehead atoms. The summed E-state index contributed by atoms with van der Waals surface area (Å²) in [6, 6.07) is 12.0. The first kappa shape index (κ1) is 23.9. The number of benzene rings is 2. The van der Waals surface area contributed by atoms with Crippen molar-refractivity contribution in [3.05, 3.63) is 76.2 Å². The molecule has 0 spiro atoms. The highest BCUT2D eigenvalue weighted by Crippen LogP contribution is 2.36. The van der Waals surface area contributed by atoms with Crippen LogP contribution < -0.4 is 10.6 Å². The lowest BCUT2D eigenvalue weighted by Gasteiger charge is -2.25. The number of anilines is 2. The molecule has 34 heavy (non-hydrogen) atoms. The van der Waals surface area contributed by atoms with E-state index in [0.717, 1.165) is 11.6 Å². The number of aromatic nitrogens is 1. The number of hydrogen-bond donors (Lipinski definition) is 2. The molecule has 6 nitrogen and oxygen atoms in total. The highest BCUT2D eigenvalue weighted by atomic mass is 32.1. The Balaban J connectivity index is 1.38. The molecule has 1 aromatic heterocycles. The molecule has 0 aliphatic carbocycles. The number of amides is 1. The Morgan fingerprint density at radius 1 is 1.12 bits per heavy atom. The van der Waals surface area contributed by atoms with Gasteiger partial charge in [0.25, 0.3) is 0 Å². The minimum Gasteiger partial charge on any atom is -0.380 e. The highest BCUT2D eigenvalue weighted by Gasteiger charge is 2.44. The smallest absolute Gasteiger partial charge is 0.380 e. The lowest BCUT2D eigenvalue weighted by Crippen LogP contribution is -2.42. The zero-order valence-electron chi connectivity index (χ0n) is 18.0. The number of alkyl halides is 3. The van der Waals surface area contributed by atoms with Crippen molar-refractivity contribution in [3.63, 3.8) is 0 Å². The highest BCUT2D eigenvalue weighted by molar-refractivity contribution is 7.11. The first-order valence-electron chi connectivity index (χ1n) is 10.6. The number of ketones is 1. The van der Waals surface area contributed by atoms with Gasteiger partial charge in [-0.2, -0.15) is 13.2 Å². The fourth-order valence-electron chi connectivity index (χ4n) is 3.82. The summed E-state index contributed by atoms with van der Waals surface area (Å²) < 4.78 is 45.0. The molecular weight excluding hydrogens is 467 g/mol. The number of thiazole rings is 1. The van der Waals surface area contributed by atoms with Crippen molar-refractivity contribution in [1.29, 1.82) is 0 Å². The number of hydrogen-bond acceptors (Lipinski definition) is 6. The topological polar surface area (TPSA) is 80.3 Å². The van der Waals surface area contributed by atoms with Crippen LogP contribution in [0.3, 0.4) is 0 Å². The minimum atomic E-state index is -4.46. The number of carbonyl (C=O) groups is 2. The molecule has 2 aromatic carbocycles. The van der Waals surface area contributed by atoms with E-state index in [2.05, 4.69) is 15.6 Å². The summed E-state index contributed by atoms with van der Waals surface area (Å²) >= 11 is 1.24. The number of ether oxygens (including phenoxy) is 1. The lowest BCUT2D eigenvalue weighted by molar-refractivity contribution is -0.137. The van der Waals surface area contributed by atoms with E-state index in [0.29, 0.717) is 23.6 Å². The van der Waals surface area contributed by atoms with Crippen LogP contribution in [0, 0.1) is 5.41 Å². The van der Waals surface area contributed by atoms with Gasteiger partial charge in [0.15, 0.2) is 5.78 Å². The molecule has 3 aromatic rings. The lowest BCUT2D eigenvalue weighted by atomic mass is 9.81. The summed E-state index contributed by atoms with van der Waals surface area (Å²) in [7, 11) is 0. The number of nitrogens with zero attached hydrogens (tertiary/aromatic N) is 1.